The second-order valence-corrected chi connectivity index (χ2v) is 10.1. The van der Waals surface area contributed by atoms with Crippen molar-refractivity contribution in [1.82, 2.24) is 25.2 Å². The van der Waals surface area contributed by atoms with Crippen molar-refractivity contribution >= 4 is 12.0 Å². The Balaban J connectivity index is 1.04. The second-order valence-electron chi connectivity index (χ2n) is 10.1. The number of aromatic amines is 1. The number of halogens is 4. The van der Waals surface area contributed by atoms with Crippen LogP contribution in [0.1, 0.15) is 36.2 Å². The van der Waals surface area contributed by atoms with Gasteiger partial charge in [0.25, 0.3) is 0 Å². The van der Waals surface area contributed by atoms with Crippen LogP contribution in [0.4, 0.5) is 22.4 Å². The minimum absolute atomic E-state index is 0.00946. The zero-order chi connectivity index (χ0) is 26.2. The van der Waals surface area contributed by atoms with E-state index in [1.807, 2.05) is 4.90 Å². The fraction of sp³-hybridized carbons (Fsp3) is 0.583. The van der Waals surface area contributed by atoms with E-state index in [9.17, 15) is 27.2 Å². The first-order valence-electron chi connectivity index (χ1n) is 12.2. The minimum atomic E-state index is -4.57. The highest BCUT2D eigenvalue weighted by Gasteiger charge is 2.48. The molecular weight excluding hydrogens is 498 g/mol. The molecule has 13 heteroatoms. The van der Waals surface area contributed by atoms with Crippen LogP contribution in [0.5, 0.6) is 5.75 Å². The molecular formula is C24H27F4N5O4. The Hall–Kier alpha value is -3.38. The highest BCUT2D eigenvalue weighted by molar-refractivity contribution is 5.80. The third kappa shape index (κ3) is 5.64. The number of piperidine rings is 1. The number of alkyl halides is 3. The van der Waals surface area contributed by atoms with Gasteiger partial charge in [-0.2, -0.15) is 28.6 Å². The average molecular weight is 526 g/mol. The van der Waals surface area contributed by atoms with Crippen LogP contribution >= 0.6 is 0 Å². The molecule has 1 aromatic carbocycles. The summed E-state index contributed by atoms with van der Waals surface area (Å²) < 4.78 is 60.5. The van der Waals surface area contributed by atoms with Crippen LogP contribution in [0.3, 0.4) is 0 Å². The van der Waals surface area contributed by atoms with Gasteiger partial charge in [-0.15, -0.1) is 0 Å². The normalized spacial score (nSPS) is 20.8. The van der Waals surface area contributed by atoms with Gasteiger partial charge in [-0.05, 0) is 43.4 Å². The number of aryl methyl sites for hydroxylation is 1. The van der Waals surface area contributed by atoms with Gasteiger partial charge in [0.2, 0.25) is 5.91 Å². The third-order valence-electron chi connectivity index (χ3n) is 7.42. The van der Waals surface area contributed by atoms with Gasteiger partial charge in [0.05, 0.1) is 11.4 Å². The molecule has 2 fully saturated rings. The number of nitrogens with one attached hydrogen (secondary N) is 1. The Morgan fingerprint density at radius 1 is 1.11 bits per heavy atom. The van der Waals surface area contributed by atoms with Crippen LogP contribution in [0.2, 0.25) is 0 Å². The summed E-state index contributed by atoms with van der Waals surface area (Å²) in [6.07, 6.45) is -1.46. The molecule has 1 aliphatic carbocycles. The van der Waals surface area contributed by atoms with Crippen molar-refractivity contribution in [2.45, 2.75) is 44.9 Å². The van der Waals surface area contributed by atoms with Gasteiger partial charge in [0.1, 0.15) is 6.61 Å². The second kappa shape index (κ2) is 9.82. The molecule has 1 spiro atoms. The molecule has 200 valence electrons. The van der Waals surface area contributed by atoms with Gasteiger partial charge in [-0.25, -0.2) is 9.18 Å². The number of aromatic nitrogens is 3. The fourth-order valence-corrected chi connectivity index (χ4v) is 5.30. The van der Waals surface area contributed by atoms with Gasteiger partial charge in [-0.1, -0.05) is 6.07 Å². The smallest absolute Gasteiger partial charge is 0.422 e. The molecule has 2 aromatic rings. The van der Waals surface area contributed by atoms with Gasteiger partial charge >= 0.3 is 12.3 Å². The van der Waals surface area contributed by atoms with Crippen LogP contribution in [0.15, 0.2) is 18.2 Å². The SMILES string of the molecule is O=C(OCc1ccc(OCC(F)(F)F)c(F)c1)N1CCC2(CC1)CN(C(=O)C1CCc3n[nH]nc3C1)C2. The molecule has 1 atom stereocenters. The van der Waals surface area contributed by atoms with Crippen LogP contribution < -0.4 is 4.74 Å². The summed E-state index contributed by atoms with van der Waals surface area (Å²) in [6.45, 7) is 0.535. The maximum Gasteiger partial charge on any atom is 0.422 e. The Morgan fingerprint density at radius 3 is 2.54 bits per heavy atom. The molecule has 2 amide bonds. The lowest BCUT2D eigenvalue weighted by molar-refractivity contribution is -0.154. The Bertz CT molecular complexity index is 1150. The van der Waals surface area contributed by atoms with Crippen molar-refractivity contribution in [2.24, 2.45) is 11.3 Å². The summed E-state index contributed by atoms with van der Waals surface area (Å²) in [5.41, 5.74) is 2.13. The molecule has 9 nitrogen and oxygen atoms in total. The summed E-state index contributed by atoms with van der Waals surface area (Å²) >= 11 is 0. The number of nitrogens with zero attached hydrogens (tertiary/aromatic N) is 4. The first kappa shape index (κ1) is 25.3. The van der Waals surface area contributed by atoms with Crippen LogP contribution in [0, 0.1) is 17.2 Å². The largest absolute Gasteiger partial charge is 0.481 e. The number of ether oxygens (including phenoxy) is 2. The molecule has 3 heterocycles. The number of likely N-dealkylation sites (tertiary alicyclic amines) is 2. The first-order valence-corrected chi connectivity index (χ1v) is 12.2. The minimum Gasteiger partial charge on any atom is -0.481 e. The lowest BCUT2D eigenvalue weighted by atomic mass is 9.71. The number of carbonyl (C=O) groups excluding carboxylic acids is 2. The molecule has 0 saturated carbocycles. The molecule has 37 heavy (non-hydrogen) atoms. The van der Waals surface area contributed by atoms with Crippen LogP contribution in [0.25, 0.3) is 0 Å². The quantitative estimate of drug-likeness (QED) is 0.602. The monoisotopic (exact) mass is 525 g/mol. The Labute approximate surface area is 210 Å². The van der Waals surface area contributed by atoms with Crippen molar-refractivity contribution in [3.63, 3.8) is 0 Å². The molecule has 2 saturated heterocycles. The molecule has 3 aliphatic rings. The highest BCUT2D eigenvalue weighted by atomic mass is 19.4. The maximum absolute atomic E-state index is 14.0. The standard InChI is InChI=1S/C24H27F4N5O4/c25-17-9-15(1-4-20(17)37-14-24(26,27)28)11-36-22(35)32-7-5-23(6-8-32)12-33(13-23)21(34)16-2-3-18-19(10-16)30-31-29-18/h1,4,9,16H,2-3,5-8,10-14H2,(H,29,30,31). The Kier molecular flexibility index (Phi) is 6.71. The average Bonchev–Trinajstić information content (AvgIpc) is 3.32. The molecule has 2 aliphatic heterocycles. The number of carbonyl (C=O) groups is 2. The van der Waals surface area contributed by atoms with Gasteiger partial charge < -0.3 is 19.3 Å². The molecule has 5 rings (SSSR count). The lowest BCUT2D eigenvalue weighted by Crippen LogP contribution is -2.63. The molecule has 1 N–H and O–H groups in total. The number of rotatable bonds is 5. The summed E-state index contributed by atoms with van der Waals surface area (Å²) in [7, 11) is 0. The van der Waals surface area contributed by atoms with Crippen molar-refractivity contribution in [3.8, 4) is 5.75 Å². The van der Waals surface area contributed by atoms with Gasteiger partial charge in [0.15, 0.2) is 18.2 Å². The first-order chi connectivity index (χ1) is 17.6. The van der Waals surface area contributed by atoms with E-state index in [0.717, 1.165) is 49.2 Å². The van der Waals surface area contributed by atoms with Crippen molar-refractivity contribution < 1.29 is 36.6 Å². The number of benzene rings is 1. The van der Waals surface area contributed by atoms with Gasteiger partial charge in [-0.3, -0.25) is 4.79 Å². The summed E-state index contributed by atoms with van der Waals surface area (Å²) in [6, 6.07) is 3.42. The van der Waals surface area contributed by atoms with Crippen molar-refractivity contribution in [1.29, 1.82) is 0 Å². The van der Waals surface area contributed by atoms with E-state index in [-0.39, 0.29) is 23.8 Å². The third-order valence-corrected chi connectivity index (χ3v) is 7.42. The Morgan fingerprint density at radius 2 is 1.84 bits per heavy atom. The van der Waals surface area contributed by atoms with E-state index in [1.54, 1.807) is 4.90 Å². The number of hydrogen-bond acceptors (Lipinski definition) is 6. The number of H-pyrrole nitrogens is 1. The lowest BCUT2D eigenvalue weighted by Gasteiger charge is -2.54. The van der Waals surface area contributed by atoms with E-state index >= 15 is 0 Å². The molecule has 1 aromatic heterocycles. The van der Waals surface area contributed by atoms with E-state index in [1.165, 1.54) is 6.07 Å². The topological polar surface area (TPSA) is 101 Å². The van der Waals surface area contributed by atoms with Crippen molar-refractivity contribution in [3.05, 3.63) is 41.0 Å². The molecule has 0 radical (unpaired) electrons. The van der Waals surface area contributed by atoms with E-state index in [2.05, 4.69) is 20.1 Å². The van der Waals surface area contributed by atoms with Crippen molar-refractivity contribution in [2.75, 3.05) is 32.8 Å². The van der Waals surface area contributed by atoms with Crippen LogP contribution in [-0.2, 0) is 29.0 Å². The summed E-state index contributed by atoms with van der Waals surface area (Å²) in [5, 5.41) is 10.9. The number of amides is 2. The number of fused-ring (bicyclic) bond motifs is 1. The summed E-state index contributed by atoms with van der Waals surface area (Å²) in [4.78, 5) is 28.9. The molecule has 1 unspecified atom stereocenters. The van der Waals surface area contributed by atoms with E-state index in [4.69, 9.17) is 4.74 Å². The molecule has 0 bridgehead atoms. The van der Waals surface area contributed by atoms with E-state index < -0.39 is 30.4 Å². The zero-order valence-corrected chi connectivity index (χ0v) is 20.0. The number of hydrogen-bond donors (Lipinski definition) is 1. The summed E-state index contributed by atoms with van der Waals surface area (Å²) in [5.74, 6) is -1.40. The van der Waals surface area contributed by atoms with E-state index in [0.29, 0.717) is 38.2 Å². The maximum atomic E-state index is 14.0. The fourth-order valence-electron chi connectivity index (χ4n) is 5.30. The highest BCUT2D eigenvalue weighted by Crippen LogP contribution is 2.42. The predicted molar refractivity (Wildman–Crippen MR) is 120 cm³/mol. The zero-order valence-electron chi connectivity index (χ0n) is 20.0. The predicted octanol–water partition coefficient (Wildman–Crippen LogP) is 3.25. The van der Waals surface area contributed by atoms with Gasteiger partial charge in [0, 0.05) is 43.9 Å². The van der Waals surface area contributed by atoms with Crippen LogP contribution in [-0.4, -0.2) is 76.2 Å².